The van der Waals surface area contributed by atoms with Gasteiger partial charge in [-0.05, 0) is 43.1 Å². The van der Waals surface area contributed by atoms with E-state index in [1.54, 1.807) is 0 Å². The molecule has 0 saturated heterocycles. The van der Waals surface area contributed by atoms with E-state index < -0.39 is 0 Å². The Morgan fingerprint density at radius 1 is 1.46 bits per heavy atom. The van der Waals surface area contributed by atoms with Crippen molar-refractivity contribution >= 4 is 5.78 Å². The van der Waals surface area contributed by atoms with Crippen molar-refractivity contribution in [3.8, 4) is 0 Å². The van der Waals surface area contributed by atoms with Crippen LogP contribution in [0.3, 0.4) is 0 Å². The van der Waals surface area contributed by atoms with Gasteiger partial charge < -0.3 is 0 Å². The van der Waals surface area contributed by atoms with Gasteiger partial charge in [0.25, 0.3) is 0 Å². The maximum Gasteiger partial charge on any atom is 0.158 e. The molecule has 2 aliphatic rings. The topological polar surface area (TPSA) is 17.1 Å². The minimum atomic E-state index is 0.391. The maximum atomic E-state index is 11.6. The molecule has 0 heterocycles. The zero-order chi connectivity index (χ0) is 9.26. The number of carbonyl (C=O) groups is 1. The van der Waals surface area contributed by atoms with Crippen LogP contribution in [-0.2, 0) is 4.79 Å². The molecule has 0 aromatic rings. The third-order valence-electron chi connectivity index (χ3n) is 3.32. The number of carbonyl (C=O) groups excluding carboxylic acids is 1. The normalized spacial score (nSPS) is 33.5. The van der Waals surface area contributed by atoms with E-state index in [1.807, 2.05) is 6.08 Å². The lowest BCUT2D eigenvalue weighted by molar-refractivity contribution is -0.117. The van der Waals surface area contributed by atoms with Crippen molar-refractivity contribution in [1.29, 1.82) is 0 Å². The Kier molecular flexibility index (Phi) is 2.34. The summed E-state index contributed by atoms with van der Waals surface area (Å²) in [5.41, 5.74) is 1.11. The number of fused-ring (bicyclic) bond motifs is 1. The van der Waals surface area contributed by atoms with E-state index in [0.29, 0.717) is 17.6 Å². The van der Waals surface area contributed by atoms with Crippen LogP contribution in [-0.4, -0.2) is 5.78 Å². The monoisotopic (exact) mass is 176 g/mol. The molecule has 1 fully saturated rings. The molecule has 1 heteroatoms. The first-order valence-electron chi connectivity index (χ1n) is 5.18. The first-order chi connectivity index (χ1) is 6.33. The second-order valence-electron chi connectivity index (χ2n) is 4.06. The van der Waals surface area contributed by atoms with Crippen LogP contribution in [0.2, 0.25) is 0 Å². The van der Waals surface area contributed by atoms with Gasteiger partial charge in [-0.25, -0.2) is 0 Å². The van der Waals surface area contributed by atoms with E-state index in [-0.39, 0.29) is 0 Å². The minimum Gasteiger partial charge on any atom is -0.295 e. The average Bonchev–Trinajstić information content (AvgIpc) is 2.18. The van der Waals surface area contributed by atoms with E-state index in [0.717, 1.165) is 24.8 Å². The second-order valence-corrected chi connectivity index (χ2v) is 4.06. The molecule has 0 radical (unpaired) electrons. The highest BCUT2D eigenvalue weighted by Crippen LogP contribution is 2.38. The molecule has 0 aromatic carbocycles. The quantitative estimate of drug-likeness (QED) is 0.561. The molecule has 2 atom stereocenters. The largest absolute Gasteiger partial charge is 0.295 e. The SMILES string of the molecule is C=C[C@H]1CCC=C2C(=O)CCC[C@H]21. The molecule has 0 bridgehead atoms. The van der Waals surface area contributed by atoms with E-state index >= 15 is 0 Å². The van der Waals surface area contributed by atoms with Crippen molar-refractivity contribution < 1.29 is 4.79 Å². The van der Waals surface area contributed by atoms with Crippen molar-refractivity contribution in [3.63, 3.8) is 0 Å². The van der Waals surface area contributed by atoms with E-state index in [2.05, 4.69) is 12.7 Å². The Labute approximate surface area is 79.5 Å². The number of ketones is 1. The number of hydrogen-bond donors (Lipinski definition) is 0. The summed E-state index contributed by atoms with van der Waals surface area (Å²) in [6, 6.07) is 0. The molecule has 0 unspecified atom stereocenters. The molecule has 0 N–H and O–H groups in total. The van der Waals surface area contributed by atoms with Crippen LogP contribution >= 0.6 is 0 Å². The first kappa shape index (κ1) is 8.74. The van der Waals surface area contributed by atoms with Crippen molar-refractivity contribution in [2.24, 2.45) is 11.8 Å². The van der Waals surface area contributed by atoms with Crippen LogP contribution in [0, 0.1) is 11.8 Å². The average molecular weight is 176 g/mol. The number of Topliss-reactive ketones (excluding diaryl/α,β-unsaturated/α-hetero) is 1. The molecule has 0 amide bonds. The fourth-order valence-electron chi connectivity index (χ4n) is 2.61. The van der Waals surface area contributed by atoms with E-state index in [1.165, 1.54) is 12.8 Å². The molecule has 0 aliphatic heterocycles. The summed E-state index contributed by atoms with van der Waals surface area (Å²) in [6.45, 7) is 3.86. The van der Waals surface area contributed by atoms with Gasteiger partial charge in [0.1, 0.15) is 0 Å². The van der Waals surface area contributed by atoms with Crippen LogP contribution in [0.4, 0.5) is 0 Å². The minimum absolute atomic E-state index is 0.391. The van der Waals surface area contributed by atoms with Crippen LogP contribution in [0.1, 0.15) is 32.1 Å². The number of rotatable bonds is 1. The highest BCUT2D eigenvalue weighted by atomic mass is 16.1. The van der Waals surface area contributed by atoms with E-state index in [4.69, 9.17) is 0 Å². The molecule has 0 aromatic heterocycles. The Bertz CT molecular complexity index is 262. The third-order valence-corrected chi connectivity index (χ3v) is 3.32. The molecule has 2 aliphatic carbocycles. The smallest absolute Gasteiger partial charge is 0.158 e. The fraction of sp³-hybridized carbons (Fsp3) is 0.583. The lowest BCUT2D eigenvalue weighted by atomic mass is 9.71. The summed E-state index contributed by atoms with van der Waals surface area (Å²) in [5, 5.41) is 0. The highest BCUT2D eigenvalue weighted by Gasteiger charge is 2.32. The summed E-state index contributed by atoms with van der Waals surface area (Å²) in [5.74, 6) is 1.46. The summed E-state index contributed by atoms with van der Waals surface area (Å²) >= 11 is 0. The van der Waals surface area contributed by atoms with Crippen LogP contribution in [0.5, 0.6) is 0 Å². The zero-order valence-electron chi connectivity index (χ0n) is 7.96. The molecule has 70 valence electrons. The van der Waals surface area contributed by atoms with Crippen LogP contribution in [0.15, 0.2) is 24.3 Å². The van der Waals surface area contributed by atoms with Gasteiger partial charge in [0.2, 0.25) is 0 Å². The summed E-state index contributed by atoms with van der Waals surface area (Å²) in [4.78, 5) is 11.6. The van der Waals surface area contributed by atoms with Crippen LogP contribution < -0.4 is 0 Å². The van der Waals surface area contributed by atoms with Crippen molar-refractivity contribution in [3.05, 3.63) is 24.3 Å². The lowest BCUT2D eigenvalue weighted by Crippen LogP contribution is -2.27. The van der Waals surface area contributed by atoms with E-state index in [9.17, 15) is 4.79 Å². The Morgan fingerprint density at radius 3 is 3.08 bits per heavy atom. The molecule has 1 nitrogen and oxygen atoms in total. The molecular weight excluding hydrogens is 160 g/mol. The molecule has 2 rings (SSSR count). The number of allylic oxidation sites excluding steroid dienone is 3. The highest BCUT2D eigenvalue weighted by molar-refractivity contribution is 5.96. The van der Waals surface area contributed by atoms with Crippen molar-refractivity contribution in [1.82, 2.24) is 0 Å². The van der Waals surface area contributed by atoms with Gasteiger partial charge in [0, 0.05) is 6.42 Å². The Hall–Kier alpha value is -0.850. The van der Waals surface area contributed by atoms with Gasteiger partial charge in [0.15, 0.2) is 5.78 Å². The van der Waals surface area contributed by atoms with Gasteiger partial charge >= 0.3 is 0 Å². The fourth-order valence-corrected chi connectivity index (χ4v) is 2.61. The molecular formula is C12H16O. The van der Waals surface area contributed by atoms with Gasteiger partial charge in [0.05, 0.1) is 0 Å². The van der Waals surface area contributed by atoms with Crippen molar-refractivity contribution in [2.45, 2.75) is 32.1 Å². The zero-order valence-corrected chi connectivity index (χ0v) is 7.96. The summed E-state index contributed by atoms with van der Waals surface area (Å²) < 4.78 is 0. The van der Waals surface area contributed by atoms with Gasteiger partial charge in [-0.1, -0.05) is 12.2 Å². The lowest BCUT2D eigenvalue weighted by Gasteiger charge is -2.33. The first-order valence-corrected chi connectivity index (χ1v) is 5.18. The summed E-state index contributed by atoms with van der Waals surface area (Å²) in [7, 11) is 0. The number of hydrogen-bond acceptors (Lipinski definition) is 1. The molecule has 0 spiro atoms. The second kappa shape index (κ2) is 3.49. The van der Waals surface area contributed by atoms with Gasteiger partial charge in [-0.2, -0.15) is 0 Å². The Morgan fingerprint density at radius 2 is 2.31 bits per heavy atom. The maximum absolute atomic E-state index is 11.6. The molecule has 13 heavy (non-hydrogen) atoms. The summed E-state index contributed by atoms with van der Waals surface area (Å²) in [6.07, 6.45) is 9.48. The van der Waals surface area contributed by atoms with Crippen LogP contribution in [0.25, 0.3) is 0 Å². The predicted octanol–water partition coefficient (Wildman–Crippen LogP) is 2.88. The molecule has 1 saturated carbocycles. The van der Waals surface area contributed by atoms with Gasteiger partial charge in [-0.15, -0.1) is 6.58 Å². The predicted molar refractivity (Wildman–Crippen MR) is 53.4 cm³/mol. The van der Waals surface area contributed by atoms with Gasteiger partial charge in [-0.3, -0.25) is 4.79 Å². The Balaban J connectivity index is 2.25. The standard InChI is InChI=1S/C12H16O/c1-2-9-5-3-7-11-10(9)6-4-8-12(11)13/h2,7,9-10H,1,3-6,8H2/t9-,10-/m0/s1. The van der Waals surface area contributed by atoms with Crippen molar-refractivity contribution in [2.75, 3.05) is 0 Å². The third kappa shape index (κ3) is 1.48.